The summed E-state index contributed by atoms with van der Waals surface area (Å²) in [6.45, 7) is 0.607. The maximum absolute atomic E-state index is 13.5. The molecule has 5 aromatic rings. The van der Waals surface area contributed by atoms with Gasteiger partial charge in [-0.2, -0.15) is 23.4 Å². The molecule has 0 spiro atoms. The summed E-state index contributed by atoms with van der Waals surface area (Å²) < 4.78 is 43.1. The molecule has 7 rings (SSSR count). The molecule has 0 fully saturated rings. The van der Waals surface area contributed by atoms with Gasteiger partial charge in [-0.25, -0.2) is 9.36 Å². The van der Waals surface area contributed by atoms with Gasteiger partial charge in [0.2, 0.25) is 0 Å². The average Bonchev–Trinajstić information content (AvgIpc) is 3.72. The van der Waals surface area contributed by atoms with E-state index >= 15 is 0 Å². The van der Waals surface area contributed by atoms with E-state index in [0.717, 1.165) is 27.4 Å². The lowest BCUT2D eigenvalue weighted by Gasteiger charge is -2.42. The van der Waals surface area contributed by atoms with Crippen molar-refractivity contribution in [3.63, 3.8) is 0 Å². The van der Waals surface area contributed by atoms with Crippen LogP contribution in [0.5, 0.6) is 0 Å². The number of benzene rings is 3. The molecule has 13 heteroatoms. The number of aromatic nitrogens is 4. The molecule has 0 saturated heterocycles. The number of aliphatic hydroxyl groups is 1. The number of aliphatic hydroxyl groups excluding tert-OH is 1. The molecule has 2 aliphatic heterocycles. The molecule has 1 unspecified atom stereocenters. The molecular formula is C33H25BrClF3N6O2. The molecule has 0 radical (unpaired) electrons. The summed E-state index contributed by atoms with van der Waals surface area (Å²) in [5.74, 6) is 0.460. The summed E-state index contributed by atoms with van der Waals surface area (Å²) in [6.07, 6.45) is -1.65. The highest BCUT2D eigenvalue weighted by atomic mass is 79.9. The van der Waals surface area contributed by atoms with E-state index in [1.54, 1.807) is 63.1 Å². The molecule has 2 aromatic heterocycles. The molecule has 46 heavy (non-hydrogen) atoms. The van der Waals surface area contributed by atoms with Gasteiger partial charge in [0.05, 0.1) is 29.1 Å². The highest BCUT2D eigenvalue weighted by molar-refractivity contribution is 9.10. The van der Waals surface area contributed by atoms with Crippen LogP contribution in [0, 0.1) is 0 Å². The first kappa shape index (κ1) is 30.3. The molecular weight excluding hydrogens is 685 g/mol. The highest BCUT2D eigenvalue weighted by Crippen LogP contribution is 2.43. The summed E-state index contributed by atoms with van der Waals surface area (Å²) in [6, 6.07) is 22.7. The number of rotatable bonds is 5. The zero-order chi connectivity index (χ0) is 32.2. The first-order valence-electron chi connectivity index (χ1n) is 14.4. The topological polar surface area (TPSA) is 79.4 Å². The maximum Gasteiger partial charge on any atom is 0.435 e. The normalized spacial score (nSPS) is 16.4. The van der Waals surface area contributed by atoms with Crippen molar-refractivity contribution in [2.45, 2.75) is 25.2 Å². The van der Waals surface area contributed by atoms with Crippen LogP contribution < -0.4 is 4.90 Å². The number of carbonyl (C=O) groups excluding carboxylic acids is 1. The third-order valence-electron chi connectivity index (χ3n) is 8.18. The number of amides is 1. The summed E-state index contributed by atoms with van der Waals surface area (Å²) in [7, 11) is 0. The Hall–Kier alpha value is -4.39. The molecule has 4 heterocycles. The maximum atomic E-state index is 13.5. The summed E-state index contributed by atoms with van der Waals surface area (Å²) in [5.41, 5.74) is 3.87. The molecule has 0 bridgehead atoms. The molecule has 3 aromatic carbocycles. The molecule has 234 valence electrons. The van der Waals surface area contributed by atoms with Gasteiger partial charge in [0.15, 0.2) is 11.9 Å². The Morgan fingerprint density at radius 3 is 2.46 bits per heavy atom. The van der Waals surface area contributed by atoms with Gasteiger partial charge in [-0.05, 0) is 76.4 Å². The molecule has 8 nitrogen and oxygen atoms in total. The lowest BCUT2D eigenvalue weighted by molar-refractivity contribution is -0.141. The number of anilines is 2. The van der Waals surface area contributed by atoms with Gasteiger partial charge in [0, 0.05) is 46.0 Å². The van der Waals surface area contributed by atoms with Crippen LogP contribution in [0.2, 0.25) is 5.02 Å². The largest absolute Gasteiger partial charge is 0.435 e. The third kappa shape index (κ3) is 5.50. The van der Waals surface area contributed by atoms with Crippen molar-refractivity contribution in [3.05, 3.63) is 129 Å². The van der Waals surface area contributed by atoms with E-state index < -0.39 is 18.1 Å². The second kappa shape index (κ2) is 11.8. The Morgan fingerprint density at radius 2 is 1.76 bits per heavy atom. The second-order valence-electron chi connectivity index (χ2n) is 11.0. The van der Waals surface area contributed by atoms with E-state index in [2.05, 4.69) is 21.0 Å². The van der Waals surface area contributed by atoms with Gasteiger partial charge in [-0.15, -0.1) is 0 Å². The van der Waals surface area contributed by atoms with E-state index in [1.165, 1.54) is 6.20 Å². The molecule has 0 saturated carbocycles. The van der Waals surface area contributed by atoms with Crippen LogP contribution in [0.3, 0.4) is 0 Å². The van der Waals surface area contributed by atoms with Crippen LogP contribution in [0.1, 0.15) is 33.6 Å². The van der Waals surface area contributed by atoms with Crippen molar-refractivity contribution in [2.24, 2.45) is 0 Å². The van der Waals surface area contributed by atoms with Gasteiger partial charge in [-0.3, -0.25) is 9.69 Å². The van der Waals surface area contributed by atoms with Gasteiger partial charge in [0.25, 0.3) is 5.91 Å². The number of fused-ring (bicyclic) bond motifs is 2. The first-order valence-corrected chi connectivity index (χ1v) is 15.5. The second-order valence-corrected chi connectivity index (χ2v) is 12.3. The Bertz CT molecular complexity index is 1970. The fourth-order valence-corrected chi connectivity index (χ4v) is 6.35. The minimum atomic E-state index is -4.55. The van der Waals surface area contributed by atoms with Crippen molar-refractivity contribution < 1.29 is 23.1 Å². The molecule has 2 aliphatic rings. The lowest BCUT2D eigenvalue weighted by atomic mass is 9.98. The standard InChI is InChI=1S/C33H25BrClF3N6O2/c34-26-11-6-21(17-27(26)35)31(45)41-14-12-25-28(19-41)44-30(22(18-39-44)16-20-4-2-1-3-5-20)43(32(25)46)24-9-7-23(8-10-24)42-15-13-29(40-42)33(36,37)38/h1-11,13,15,17-18,32,46H,12,14,16,19H2. The quantitative estimate of drug-likeness (QED) is 0.207. The van der Waals surface area contributed by atoms with Crippen LogP contribution in [0.4, 0.5) is 24.7 Å². The minimum absolute atomic E-state index is 0.182. The average molecular weight is 710 g/mol. The van der Waals surface area contributed by atoms with Crippen molar-refractivity contribution in [1.29, 1.82) is 0 Å². The van der Waals surface area contributed by atoms with Crippen LogP contribution in [-0.2, 0) is 12.6 Å². The molecule has 1 N–H and O–H groups in total. The first-order chi connectivity index (χ1) is 22.1. The van der Waals surface area contributed by atoms with Gasteiger partial charge >= 0.3 is 6.18 Å². The Balaban J connectivity index is 1.26. The number of hydrogen-bond donors (Lipinski definition) is 1. The van der Waals surface area contributed by atoms with Crippen LogP contribution >= 0.6 is 27.5 Å². The predicted molar refractivity (Wildman–Crippen MR) is 171 cm³/mol. The fraction of sp³-hybridized carbons (Fsp3) is 0.182. The van der Waals surface area contributed by atoms with Gasteiger partial charge in [-0.1, -0.05) is 41.9 Å². The monoisotopic (exact) mass is 708 g/mol. The smallest absolute Gasteiger partial charge is 0.369 e. The van der Waals surface area contributed by atoms with Crippen LogP contribution in [0.15, 0.2) is 101 Å². The fourth-order valence-electron chi connectivity index (χ4n) is 5.92. The van der Waals surface area contributed by atoms with E-state index in [0.29, 0.717) is 57.3 Å². The van der Waals surface area contributed by atoms with Crippen molar-refractivity contribution in [2.75, 3.05) is 18.0 Å². The number of alkyl halides is 3. The molecule has 1 amide bonds. The van der Waals surface area contributed by atoms with Crippen LogP contribution in [-0.4, -0.2) is 54.8 Å². The van der Waals surface area contributed by atoms with Crippen molar-refractivity contribution in [1.82, 2.24) is 24.5 Å². The predicted octanol–water partition coefficient (Wildman–Crippen LogP) is 7.32. The van der Waals surface area contributed by atoms with Crippen LogP contribution in [0.25, 0.3) is 11.4 Å². The number of halogens is 5. The van der Waals surface area contributed by atoms with E-state index in [-0.39, 0.29) is 12.5 Å². The van der Waals surface area contributed by atoms with E-state index in [9.17, 15) is 23.1 Å². The Morgan fingerprint density at radius 1 is 1.02 bits per heavy atom. The Labute approximate surface area is 275 Å². The summed E-state index contributed by atoms with van der Waals surface area (Å²) in [4.78, 5) is 17.0. The van der Waals surface area contributed by atoms with Gasteiger partial charge < -0.3 is 10.0 Å². The van der Waals surface area contributed by atoms with E-state index in [4.69, 9.17) is 16.7 Å². The zero-order valence-corrected chi connectivity index (χ0v) is 26.3. The van der Waals surface area contributed by atoms with Crippen molar-refractivity contribution >= 4 is 50.6 Å². The summed E-state index contributed by atoms with van der Waals surface area (Å²) >= 11 is 9.64. The number of nitrogens with zero attached hydrogens (tertiary/aromatic N) is 6. The Kier molecular flexibility index (Phi) is 7.74. The zero-order valence-electron chi connectivity index (χ0n) is 24.0. The molecule has 1 atom stereocenters. The van der Waals surface area contributed by atoms with E-state index in [1.807, 2.05) is 30.3 Å². The highest BCUT2D eigenvalue weighted by Gasteiger charge is 2.39. The van der Waals surface area contributed by atoms with Crippen molar-refractivity contribution in [3.8, 4) is 5.69 Å². The SMILES string of the molecule is O=C(c1ccc(Br)c(Cl)c1)N1CCC2=C(C1)n1ncc(Cc3ccccc3)c1N(c1ccc(-n3ccc(C(F)(F)F)n3)cc1)C2O. The lowest BCUT2D eigenvalue weighted by Crippen LogP contribution is -2.46. The molecule has 0 aliphatic carbocycles. The van der Waals surface area contributed by atoms with Gasteiger partial charge in [0.1, 0.15) is 5.82 Å². The summed E-state index contributed by atoms with van der Waals surface area (Å²) in [5, 5.41) is 20.8. The third-order valence-corrected chi connectivity index (χ3v) is 9.41. The number of hydrogen-bond acceptors (Lipinski definition) is 5. The minimum Gasteiger partial charge on any atom is -0.369 e. The number of carbonyl (C=O) groups is 1.